The molecule has 0 N–H and O–H groups in total. The van der Waals surface area contributed by atoms with E-state index >= 15 is 0 Å². The van der Waals surface area contributed by atoms with E-state index in [1.54, 1.807) is 0 Å². The van der Waals surface area contributed by atoms with E-state index in [1.807, 2.05) is 36.4 Å². The normalized spacial score (nSPS) is 11.3. The first kappa shape index (κ1) is 22.4. The van der Waals surface area contributed by atoms with E-state index in [1.165, 1.54) is 10.8 Å². The van der Waals surface area contributed by atoms with Crippen LogP contribution in [0.3, 0.4) is 0 Å². The summed E-state index contributed by atoms with van der Waals surface area (Å²) in [6.07, 6.45) is 0. The minimum absolute atomic E-state index is 0.167. The largest absolute Gasteiger partial charge is 0.309 e. The molecule has 7 aromatic rings. The van der Waals surface area contributed by atoms with Gasteiger partial charge in [-0.3, -0.25) is 0 Å². The number of benzene rings is 5. The molecule has 0 aliphatic carbocycles. The molecule has 0 aliphatic heterocycles. The molecule has 0 radical (unpaired) electrons. The van der Waals surface area contributed by atoms with Crippen LogP contribution >= 0.6 is 11.6 Å². The van der Waals surface area contributed by atoms with Gasteiger partial charge >= 0.3 is 0 Å². The van der Waals surface area contributed by atoms with Gasteiger partial charge in [-0.15, -0.1) is 0 Å². The molecule has 7 rings (SSSR count). The van der Waals surface area contributed by atoms with Gasteiger partial charge in [0.2, 0.25) is 5.28 Å². The molecular weight excluding hydrogens is 488 g/mol. The third kappa shape index (κ3) is 3.92. The number of rotatable bonds is 4. The van der Waals surface area contributed by atoms with Crippen LogP contribution in [0.2, 0.25) is 5.28 Å². The van der Waals surface area contributed by atoms with Gasteiger partial charge in [0, 0.05) is 27.6 Å². The van der Waals surface area contributed by atoms with Gasteiger partial charge in [0.25, 0.3) is 0 Å². The van der Waals surface area contributed by atoms with E-state index in [-0.39, 0.29) is 5.28 Å². The molecule has 0 unspecified atom stereocenters. The number of nitrogens with zero attached hydrogens (tertiary/aromatic N) is 4. The monoisotopic (exact) mass is 508 g/mol. The summed E-state index contributed by atoms with van der Waals surface area (Å²) in [6, 6.07) is 43.6. The highest BCUT2D eigenvalue weighted by atomic mass is 35.5. The van der Waals surface area contributed by atoms with Crippen molar-refractivity contribution in [3.05, 3.63) is 133 Å². The lowest BCUT2D eigenvalue weighted by atomic mass is 10.0. The summed E-state index contributed by atoms with van der Waals surface area (Å²) < 4.78 is 2.28. The average Bonchev–Trinajstić information content (AvgIpc) is 3.31. The third-order valence-electron chi connectivity index (χ3n) is 6.80. The molecule has 0 saturated heterocycles. The van der Waals surface area contributed by atoms with Crippen LogP contribution in [0.5, 0.6) is 0 Å². The standard InChI is InChI=1S/C33H21ClN4/c34-33-36-31(24-17-15-23(16-18-24)22-9-3-1-4-10-22)35-32(37-33)25-19-20-28-27-13-7-8-14-29(27)38(30(28)21-25)26-11-5-2-6-12-26/h1-21H. The summed E-state index contributed by atoms with van der Waals surface area (Å²) in [6.45, 7) is 0. The first-order valence-corrected chi connectivity index (χ1v) is 12.8. The molecule has 5 heteroatoms. The Balaban J connectivity index is 1.35. The first-order valence-electron chi connectivity index (χ1n) is 12.4. The highest BCUT2D eigenvalue weighted by Crippen LogP contribution is 2.34. The lowest BCUT2D eigenvalue weighted by Gasteiger charge is -2.09. The van der Waals surface area contributed by atoms with Crippen LogP contribution in [0.15, 0.2) is 127 Å². The van der Waals surface area contributed by atoms with E-state index in [0.717, 1.165) is 39.0 Å². The SMILES string of the molecule is Clc1nc(-c2ccc(-c3ccccc3)cc2)nc(-c2ccc3c4ccccc4n(-c4ccccc4)c3c2)n1. The number of aromatic nitrogens is 4. The Kier molecular flexibility index (Phi) is 5.46. The van der Waals surface area contributed by atoms with Crippen molar-refractivity contribution in [2.75, 3.05) is 0 Å². The second kappa shape index (κ2) is 9.25. The number of halogens is 1. The second-order valence-corrected chi connectivity index (χ2v) is 9.45. The predicted octanol–water partition coefficient (Wildman–Crippen LogP) is 8.62. The van der Waals surface area contributed by atoms with Crippen molar-refractivity contribution in [1.82, 2.24) is 19.5 Å². The molecule has 0 saturated carbocycles. The number of para-hydroxylation sites is 2. The van der Waals surface area contributed by atoms with Crippen molar-refractivity contribution in [3.8, 4) is 39.6 Å². The van der Waals surface area contributed by atoms with Crippen LogP contribution in [-0.2, 0) is 0 Å². The first-order chi connectivity index (χ1) is 18.7. The van der Waals surface area contributed by atoms with Gasteiger partial charge in [-0.2, -0.15) is 9.97 Å². The summed E-state index contributed by atoms with van der Waals surface area (Å²) in [5.41, 5.74) is 7.39. The minimum Gasteiger partial charge on any atom is -0.309 e. The van der Waals surface area contributed by atoms with Crippen LogP contribution in [0, 0.1) is 0 Å². The molecular formula is C33H21ClN4. The van der Waals surface area contributed by atoms with Crippen molar-refractivity contribution in [2.24, 2.45) is 0 Å². The Morgan fingerprint density at radius 3 is 1.76 bits per heavy atom. The van der Waals surface area contributed by atoms with Gasteiger partial charge in [-0.05, 0) is 47.0 Å². The van der Waals surface area contributed by atoms with Crippen molar-refractivity contribution in [2.45, 2.75) is 0 Å². The molecule has 0 amide bonds. The van der Waals surface area contributed by atoms with Gasteiger partial charge in [-0.1, -0.05) is 103 Å². The Morgan fingerprint density at radius 1 is 0.447 bits per heavy atom. The number of hydrogen-bond acceptors (Lipinski definition) is 3. The molecule has 180 valence electrons. The summed E-state index contributed by atoms with van der Waals surface area (Å²) in [5.74, 6) is 1.09. The summed E-state index contributed by atoms with van der Waals surface area (Å²) in [7, 11) is 0. The second-order valence-electron chi connectivity index (χ2n) is 9.12. The third-order valence-corrected chi connectivity index (χ3v) is 6.97. The maximum Gasteiger partial charge on any atom is 0.226 e. The van der Waals surface area contributed by atoms with Gasteiger partial charge in [0.15, 0.2) is 11.6 Å². The van der Waals surface area contributed by atoms with E-state index < -0.39 is 0 Å². The fraction of sp³-hybridized carbons (Fsp3) is 0. The Bertz CT molecular complexity index is 1910. The molecule has 38 heavy (non-hydrogen) atoms. The molecule has 4 nitrogen and oxygen atoms in total. The Morgan fingerprint density at radius 2 is 1.00 bits per heavy atom. The van der Waals surface area contributed by atoms with Crippen molar-refractivity contribution >= 4 is 33.4 Å². The minimum atomic E-state index is 0.167. The molecule has 0 bridgehead atoms. The van der Waals surface area contributed by atoms with Crippen molar-refractivity contribution < 1.29 is 0 Å². The van der Waals surface area contributed by atoms with Gasteiger partial charge < -0.3 is 4.57 Å². The Hall–Kier alpha value is -4.80. The van der Waals surface area contributed by atoms with Gasteiger partial charge in [-0.25, -0.2) is 4.98 Å². The number of hydrogen-bond donors (Lipinski definition) is 0. The van der Waals surface area contributed by atoms with E-state index in [2.05, 4.69) is 106 Å². The zero-order valence-corrected chi connectivity index (χ0v) is 21.0. The maximum absolute atomic E-state index is 6.42. The summed E-state index contributed by atoms with van der Waals surface area (Å²) >= 11 is 6.42. The molecule has 2 heterocycles. The van der Waals surface area contributed by atoms with Crippen LogP contribution in [0.4, 0.5) is 0 Å². The lowest BCUT2D eigenvalue weighted by Crippen LogP contribution is -1.98. The van der Waals surface area contributed by atoms with E-state index in [0.29, 0.717) is 11.6 Å². The highest BCUT2D eigenvalue weighted by Gasteiger charge is 2.15. The van der Waals surface area contributed by atoms with Gasteiger partial charge in [0.1, 0.15) is 0 Å². The molecule has 0 fully saturated rings. The van der Waals surface area contributed by atoms with E-state index in [4.69, 9.17) is 16.6 Å². The van der Waals surface area contributed by atoms with Gasteiger partial charge in [0.05, 0.1) is 11.0 Å². The van der Waals surface area contributed by atoms with Crippen molar-refractivity contribution in [1.29, 1.82) is 0 Å². The maximum atomic E-state index is 6.42. The Labute approximate surface area is 224 Å². The lowest BCUT2D eigenvalue weighted by molar-refractivity contribution is 1.07. The smallest absolute Gasteiger partial charge is 0.226 e. The highest BCUT2D eigenvalue weighted by molar-refractivity contribution is 6.28. The van der Waals surface area contributed by atoms with Crippen LogP contribution < -0.4 is 0 Å². The van der Waals surface area contributed by atoms with Crippen LogP contribution in [0.1, 0.15) is 0 Å². The average molecular weight is 509 g/mol. The van der Waals surface area contributed by atoms with Crippen LogP contribution in [0.25, 0.3) is 61.4 Å². The molecule has 5 aromatic carbocycles. The molecule has 0 atom stereocenters. The van der Waals surface area contributed by atoms with Crippen molar-refractivity contribution in [3.63, 3.8) is 0 Å². The summed E-state index contributed by atoms with van der Waals surface area (Å²) in [5, 5.41) is 2.54. The van der Waals surface area contributed by atoms with Crippen LogP contribution in [-0.4, -0.2) is 19.5 Å². The fourth-order valence-electron chi connectivity index (χ4n) is 5.02. The fourth-order valence-corrected chi connectivity index (χ4v) is 5.18. The topological polar surface area (TPSA) is 43.6 Å². The zero-order chi connectivity index (χ0) is 25.5. The van der Waals surface area contributed by atoms with E-state index in [9.17, 15) is 0 Å². The predicted molar refractivity (Wildman–Crippen MR) is 155 cm³/mol. The summed E-state index contributed by atoms with van der Waals surface area (Å²) in [4.78, 5) is 13.7. The molecule has 0 aliphatic rings. The zero-order valence-electron chi connectivity index (χ0n) is 20.3. The number of fused-ring (bicyclic) bond motifs is 3. The molecule has 2 aromatic heterocycles. The quantitative estimate of drug-likeness (QED) is 0.239. The molecule has 0 spiro atoms.